The quantitative estimate of drug-likeness (QED) is 0.799. The first-order chi connectivity index (χ1) is 7.65. The van der Waals surface area contributed by atoms with Crippen LogP contribution in [-0.4, -0.2) is 25.5 Å². The molecule has 2 N–H and O–H groups in total. The van der Waals surface area contributed by atoms with Crippen LogP contribution in [0.3, 0.4) is 0 Å². The lowest BCUT2D eigenvalue weighted by Crippen LogP contribution is -2.43. The lowest BCUT2D eigenvalue weighted by Gasteiger charge is -2.32. The van der Waals surface area contributed by atoms with E-state index in [0.29, 0.717) is 18.5 Å². The Morgan fingerprint density at radius 1 is 1.24 bits per heavy atom. The highest BCUT2D eigenvalue weighted by molar-refractivity contribution is 5.85. The molecule has 1 fully saturated rings. The molecule has 2 atom stereocenters. The van der Waals surface area contributed by atoms with Crippen molar-refractivity contribution in [2.24, 2.45) is 11.8 Å². The molecule has 0 aromatic rings. The van der Waals surface area contributed by atoms with E-state index < -0.39 is 0 Å². The van der Waals surface area contributed by atoms with Crippen LogP contribution in [0.15, 0.2) is 0 Å². The molecule has 0 aromatic heterocycles. The second-order valence-corrected chi connectivity index (χ2v) is 5.14. The van der Waals surface area contributed by atoms with E-state index in [1.807, 2.05) is 0 Å². The molecule has 0 spiro atoms. The molecule has 0 aromatic carbocycles. The average Bonchev–Trinajstić information content (AvgIpc) is 2.29. The third kappa shape index (κ3) is 5.73. The SMILES string of the molecule is CNCC(=O)NC(C)C(C)C1CCCCC1.Cl. The fourth-order valence-corrected chi connectivity index (χ4v) is 2.67. The molecule has 0 heterocycles. The molecule has 4 heteroatoms. The number of halogens is 1. The number of carbonyl (C=O) groups excluding carboxylic acids is 1. The Hall–Kier alpha value is -0.280. The molecule has 3 nitrogen and oxygen atoms in total. The van der Waals surface area contributed by atoms with Crippen molar-refractivity contribution in [1.29, 1.82) is 0 Å². The van der Waals surface area contributed by atoms with Crippen molar-refractivity contribution < 1.29 is 4.79 Å². The molecular weight excluding hydrogens is 236 g/mol. The Balaban J connectivity index is 0.00000256. The van der Waals surface area contributed by atoms with Gasteiger partial charge in [-0.25, -0.2) is 0 Å². The molecular formula is C13H27ClN2O. The predicted octanol–water partition coefficient (Wildman–Crippen LogP) is 2.35. The summed E-state index contributed by atoms with van der Waals surface area (Å²) in [7, 11) is 1.80. The third-order valence-corrected chi connectivity index (χ3v) is 3.91. The summed E-state index contributed by atoms with van der Waals surface area (Å²) >= 11 is 0. The highest BCUT2D eigenvalue weighted by Gasteiger charge is 2.25. The summed E-state index contributed by atoms with van der Waals surface area (Å²) in [4.78, 5) is 11.5. The van der Waals surface area contributed by atoms with Gasteiger partial charge in [0.15, 0.2) is 0 Å². The second kappa shape index (κ2) is 8.76. The fourth-order valence-electron chi connectivity index (χ4n) is 2.67. The third-order valence-electron chi connectivity index (χ3n) is 3.91. The van der Waals surface area contributed by atoms with Crippen molar-refractivity contribution >= 4 is 18.3 Å². The highest BCUT2D eigenvalue weighted by atomic mass is 35.5. The van der Waals surface area contributed by atoms with Crippen molar-refractivity contribution in [3.63, 3.8) is 0 Å². The monoisotopic (exact) mass is 262 g/mol. The molecule has 2 unspecified atom stereocenters. The first kappa shape index (κ1) is 16.7. The van der Waals surface area contributed by atoms with Crippen LogP contribution in [0, 0.1) is 11.8 Å². The predicted molar refractivity (Wildman–Crippen MR) is 74.5 cm³/mol. The van der Waals surface area contributed by atoms with Gasteiger partial charge >= 0.3 is 0 Å². The molecule has 1 aliphatic carbocycles. The average molecular weight is 263 g/mol. The maximum Gasteiger partial charge on any atom is 0.234 e. The minimum atomic E-state index is 0. The number of carbonyl (C=O) groups is 1. The van der Waals surface area contributed by atoms with Gasteiger partial charge in [0.2, 0.25) is 5.91 Å². The number of likely N-dealkylation sites (N-methyl/N-ethyl adjacent to an activating group) is 1. The van der Waals surface area contributed by atoms with E-state index in [1.165, 1.54) is 32.1 Å². The van der Waals surface area contributed by atoms with Crippen molar-refractivity contribution in [1.82, 2.24) is 10.6 Å². The highest BCUT2D eigenvalue weighted by Crippen LogP contribution is 2.31. The van der Waals surface area contributed by atoms with E-state index in [4.69, 9.17) is 0 Å². The summed E-state index contributed by atoms with van der Waals surface area (Å²) < 4.78 is 0. The van der Waals surface area contributed by atoms with E-state index in [9.17, 15) is 4.79 Å². The van der Waals surface area contributed by atoms with Gasteiger partial charge in [-0.15, -0.1) is 12.4 Å². The van der Waals surface area contributed by atoms with Crippen molar-refractivity contribution in [3.8, 4) is 0 Å². The van der Waals surface area contributed by atoms with Crippen LogP contribution in [0.2, 0.25) is 0 Å². The summed E-state index contributed by atoms with van der Waals surface area (Å²) in [6.45, 7) is 4.83. The molecule has 0 radical (unpaired) electrons. The molecule has 0 bridgehead atoms. The molecule has 0 saturated heterocycles. The van der Waals surface area contributed by atoms with Gasteiger partial charge in [-0.05, 0) is 25.8 Å². The van der Waals surface area contributed by atoms with Gasteiger partial charge in [0.1, 0.15) is 0 Å². The molecule has 1 aliphatic rings. The van der Waals surface area contributed by atoms with Crippen LogP contribution < -0.4 is 10.6 Å². The molecule has 1 saturated carbocycles. The summed E-state index contributed by atoms with van der Waals surface area (Å²) in [5, 5.41) is 5.96. The van der Waals surface area contributed by atoms with Gasteiger partial charge in [0, 0.05) is 6.04 Å². The van der Waals surface area contributed by atoms with Gasteiger partial charge in [0.05, 0.1) is 6.54 Å². The minimum Gasteiger partial charge on any atom is -0.352 e. The molecule has 17 heavy (non-hydrogen) atoms. The summed E-state index contributed by atoms with van der Waals surface area (Å²) in [6, 6.07) is 0.295. The van der Waals surface area contributed by atoms with Gasteiger partial charge in [0.25, 0.3) is 0 Å². The van der Waals surface area contributed by atoms with Crippen LogP contribution in [0.25, 0.3) is 0 Å². The van der Waals surface area contributed by atoms with E-state index in [-0.39, 0.29) is 18.3 Å². The number of hydrogen-bond donors (Lipinski definition) is 2. The van der Waals surface area contributed by atoms with Gasteiger partial charge < -0.3 is 10.6 Å². The van der Waals surface area contributed by atoms with Crippen molar-refractivity contribution in [3.05, 3.63) is 0 Å². The molecule has 102 valence electrons. The second-order valence-electron chi connectivity index (χ2n) is 5.14. The standard InChI is InChI=1S/C13H26N2O.ClH/c1-10(12-7-5-4-6-8-12)11(2)15-13(16)9-14-3;/h10-12,14H,4-9H2,1-3H3,(H,15,16);1H. The fraction of sp³-hybridized carbons (Fsp3) is 0.923. The zero-order valence-corrected chi connectivity index (χ0v) is 12.1. The topological polar surface area (TPSA) is 41.1 Å². The minimum absolute atomic E-state index is 0. The molecule has 1 rings (SSSR count). The number of amides is 1. The summed E-state index contributed by atoms with van der Waals surface area (Å²) in [5.74, 6) is 1.51. The zero-order chi connectivity index (χ0) is 12.0. The summed E-state index contributed by atoms with van der Waals surface area (Å²) in [6.07, 6.45) is 6.81. The van der Waals surface area contributed by atoms with Crippen molar-refractivity contribution in [2.75, 3.05) is 13.6 Å². The molecule has 1 amide bonds. The van der Waals surface area contributed by atoms with Crippen LogP contribution >= 0.6 is 12.4 Å². The van der Waals surface area contributed by atoms with E-state index in [0.717, 1.165) is 5.92 Å². The van der Waals surface area contributed by atoms with Crippen LogP contribution in [-0.2, 0) is 4.79 Å². The van der Waals surface area contributed by atoms with Gasteiger partial charge in [-0.1, -0.05) is 39.0 Å². The first-order valence-corrected chi connectivity index (χ1v) is 6.59. The van der Waals surface area contributed by atoms with Gasteiger partial charge in [-0.3, -0.25) is 4.79 Å². The van der Waals surface area contributed by atoms with E-state index in [2.05, 4.69) is 24.5 Å². The van der Waals surface area contributed by atoms with Gasteiger partial charge in [-0.2, -0.15) is 0 Å². The Morgan fingerprint density at radius 2 is 1.82 bits per heavy atom. The van der Waals surface area contributed by atoms with Crippen LogP contribution in [0.1, 0.15) is 46.0 Å². The number of rotatable bonds is 5. The van der Waals surface area contributed by atoms with Crippen LogP contribution in [0.5, 0.6) is 0 Å². The maximum atomic E-state index is 11.5. The zero-order valence-electron chi connectivity index (χ0n) is 11.3. The maximum absolute atomic E-state index is 11.5. The summed E-state index contributed by atoms with van der Waals surface area (Å²) in [5.41, 5.74) is 0. The Morgan fingerprint density at radius 3 is 2.35 bits per heavy atom. The van der Waals surface area contributed by atoms with E-state index >= 15 is 0 Å². The Bertz CT molecular complexity index is 217. The van der Waals surface area contributed by atoms with E-state index in [1.54, 1.807) is 7.05 Å². The Kier molecular flexibility index (Phi) is 8.61. The smallest absolute Gasteiger partial charge is 0.234 e. The lowest BCUT2D eigenvalue weighted by atomic mass is 9.78. The van der Waals surface area contributed by atoms with Crippen LogP contribution in [0.4, 0.5) is 0 Å². The normalized spacial score (nSPS) is 20.2. The number of nitrogens with one attached hydrogen (secondary N) is 2. The largest absolute Gasteiger partial charge is 0.352 e. The molecule has 0 aliphatic heterocycles. The lowest BCUT2D eigenvalue weighted by molar-refractivity contribution is -0.121. The number of hydrogen-bond acceptors (Lipinski definition) is 2. The van der Waals surface area contributed by atoms with Crippen molar-refractivity contribution in [2.45, 2.75) is 52.0 Å². The Labute approximate surface area is 112 Å². The first-order valence-electron chi connectivity index (χ1n) is 6.59.